The Morgan fingerprint density at radius 2 is 2.00 bits per heavy atom. The Labute approximate surface area is 91.4 Å². The molecule has 0 aromatic heterocycles. The zero-order valence-electron chi connectivity index (χ0n) is 9.27. The largest absolute Gasteiger partial charge is 0.356 e. The Balaban J connectivity index is 3.11. The van der Waals surface area contributed by atoms with Crippen molar-refractivity contribution in [2.75, 3.05) is 32.1 Å². The molecule has 1 amide bonds. The highest BCUT2D eigenvalue weighted by Gasteiger charge is 1.99. The molecule has 2 N–H and O–H groups in total. The van der Waals surface area contributed by atoms with Gasteiger partial charge in [-0.25, -0.2) is 0 Å². The van der Waals surface area contributed by atoms with Crippen LogP contribution >= 0.6 is 11.8 Å². The number of amides is 1. The summed E-state index contributed by atoms with van der Waals surface area (Å²) in [6, 6.07) is 0. The minimum Gasteiger partial charge on any atom is -0.356 e. The molecule has 0 fully saturated rings. The summed E-state index contributed by atoms with van der Waals surface area (Å²) in [4.78, 5) is 11.2. The third-order valence-electron chi connectivity index (χ3n) is 1.93. The molecule has 0 aromatic carbocycles. The lowest BCUT2D eigenvalue weighted by molar-refractivity contribution is -0.121. The number of hydrogen-bond acceptors (Lipinski definition) is 3. The predicted octanol–water partition coefficient (Wildman–Crippen LogP) is 1.25. The summed E-state index contributed by atoms with van der Waals surface area (Å²) in [6.45, 7) is 1.76. The maximum Gasteiger partial charge on any atom is 0.219 e. The van der Waals surface area contributed by atoms with Crippen molar-refractivity contribution in [2.45, 2.75) is 25.7 Å². The van der Waals surface area contributed by atoms with E-state index >= 15 is 0 Å². The fraction of sp³-hybridized carbons (Fsp3) is 0.900. The van der Waals surface area contributed by atoms with Crippen molar-refractivity contribution >= 4 is 17.7 Å². The van der Waals surface area contributed by atoms with Crippen LogP contribution in [0.1, 0.15) is 25.7 Å². The minimum atomic E-state index is 0.196. The van der Waals surface area contributed by atoms with Gasteiger partial charge in [0.1, 0.15) is 0 Å². The van der Waals surface area contributed by atoms with E-state index in [1.165, 1.54) is 0 Å². The van der Waals surface area contributed by atoms with Gasteiger partial charge in [-0.05, 0) is 44.9 Å². The van der Waals surface area contributed by atoms with Gasteiger partial charge in [0.15, 0.2) is 0 Å². The molecule has 0 heterocycles. The molecule has 0 aliphatic carbocycles. The van der Waals surface area contributed by atoms with E-state index < -0.39 is 0 Å². The van der Waals surface area contributed by atoms with Crippen LogP contribution in [0.25, 0.3) is 0 Å². The lowest BCUT2D eigenvalue weighted by Crippen LogP contribution is -2.26. The number of hydrogen-bond donors (Lipinski definition) is 2. The maximum atomic E-state index is 11.2. The summed E-state index contributed by atoms with van der Waals surface area (Å²) >= 11 is 1.84. The number of carbonyl (C=O) groups is 1. The molecule has 0 saturated carbocycles. The molecular formula is C10H22N2OS. The van der Waals surface area contributed by atoms with Gasteiger partial charge < -0.3 is 10.6 Å². The van der Waals surface area contributed by atoms with Crippen LogP contribution in [0.3, 0.4) is 0 Å². The first-order valence-electron chi connectivity index (χ1n) is 5.21. The van der Waals surface area contributed by atoms with Crippen molar-refractivity contribution in [3.05, 3.63) is 0 Å². The van der Waals surface area contributed by atoms with E-state index in [9.17, 15) is 4.79 Å². The first-order chi connectivity index (χ1) is 6.81. The lowest BCUT2D eigenvalue weighted by atomic mass is 10.2. The summed E-state index contributed by atoms with van der Waals surface area (Å²) in [5.74, 6) is 1.36. The van der Waals surface area contributed by atoms with E-state index in [4.69, 9.17) is 0 Å². The maximum absolute atomic E-state index is 11.2. The molecule has 3 nitrogen and oxygen atoms in total. The first-order valence-corrected chi connectivity index (χ1v) is 6.61. The van der Waals surface area contributed by atoms with Gasteiger partial charge in [0.25, 0.3) is 0 Å². The highest BCUT2D eigenvalue weighted by molar-refractivity contribution is 7.98. The van der Waals surface area contributed by atoms with Gasteiger partial charge in [-0.3, -0.25) is 4.79 Å². The lowest BCUT2D eigenvalue weighted by Gasteiger charge is -2.04. The van der Waals surface area contributed by atoms with Crippen LogP contribution in [0.5, 0.6) is 0 Å². The normalized spacial score (nSPS) is 10.1. The molecule has 0 bridgehead atoms. The van der Waals surface area contributed by atoms with E-state index in [1.807, 2.05) is 18.8 Å². The van der Waals surface area contributed by atoms with E-state index in [2.05, 4.69) is 16.9 Å². The number of carbonyl (C=O) groups excluding carboxylic acids is 1. The van der Waals surface area contributed by atoms with Gasteiger partial charge in [-0.1, -0.05) is 0 Å². The molecule has 4 heteroatoms. The van der Waals surface area contributed by atoms with Gasteiger partial charge >= 0.3 is 0 Å². The van der Waals surface area contributed by atoms with Crippen molar-refractivity contribution in [1.82, 2.24) is 10.6 Å². The molecule has 0 spiro atoms. The van der Waals surface area contributed by atoms with Crippen molar-refractivity contribution in [3.8, 4) is 0 Å². The van der Waals surface area contributed by atoms with Gasteiger partial charge in [0.05, 0.1) is 0 Å². The third kappa shape index (κ3) is 9.86. The molecule has 0 radical (unpaired) electrons. The van der Waals surface area contributed by atoms with Crippen LogP contribution in [-0.4, -0.2) is 38.1 Å². The highest BCUT2D eigenvalue weighted by atomic mass is 32.2. The van der Waals surface area contributed by atoms with E-state index in [0.717, 1.165) is 38.1 Å². The summed E-state index contributed by atoms with van der Waals surface area (Å²) in [7, 11) is 1.92. The van der Waals surface area contributed by atoms with Crippen LogP contribution < -0.4 is 10.6 Å². The molecule has 0 unspecified atom stereocenters. The summed E-state index contributed by atoms with van der Waals surface area (Å²) in [5.41, 5.74) is 0. The highest BCUT2D eigenvalue weighted by Crippen LogP contribution is 2.01. The minimum absolute atomic E-state index is 0.196. The monoisotopic (exact) mass is 218 g/mol. The van der Waals surface area contributed by atoms with Crippen LogP contribution in [0.4, 0.5) is 0 Å². The van der Waals surface area contributed by atoms with E-state index in [1.54, 1.807) is 0 Å². The van der Waals surface area contributed by atoms with Crippen LogP contribution in [-0.2, 0) is 4.79 Å². The molecule has 0 atom stereocenters. The average molecular weight is 218 g/mol. The predicted molar refractivity (Wildman–Crippen MR) is 63.8 cm³/mol. The van der Waals surface area contributed by atoms with Crippen molar-refractivity contribution < 1.29 is 4.79 Å². The quantitative estimate of drug-likeness (QED) is 0.572. The molecule has 14 heavy (non-hydrogen) atoms. The summed E-state index contributed by atoms with van der Waals surface area (Å²) in [6.07, 6.45) is 5.94. The fourth-order valence-corrected chi connectivity index (χ4v) is 1.61. The summed E-state index contributed by atoms with van der Waals surface area (Å²) < 4.78 is 0. The van der Waals surface area contributed by atoms with Crippen LogP contribution in [0.15, 0.2) is 0 Å². The van der Waals surface area contributed by atoms with Crippen LogP contribution in [0.2, 0.25) is 0 Å². The second-order valence-electron chi connectivity index (χ2n) is 3.26. The molecule has 0 aliphatic rings. The van der Waals surface area contributed by atoms with E-state index in [-0.39, 0.29) is 5.91 Å². The Morgan fingerprint density at radius 3 is 2.64 bits per heavy atom. The number of nitrogens with one attached hydrogen (secondary N) is 2. The van der Waals surface area contributed by atoms with Crippen molar-refractivity contribution in [2.24, 2.45) is 0 Å². The molecule has 0 aliphatic heterocycles. The second-order valence-corrected chi connectivity index (χ2v) is 4.24. The fourth-order valence-electron chi connectivity index (χ4n) is 1.11. The van der Waals surface area contributed by atoms with Gasteiger partial charge in [0.2, 0.25) is 5.91 Å². The van der Waals surface area contributed by atoms with Gasteiger partial charge in [-0.15, -0.1) is 0 Å². The van der Waals surface area contributed by atoms with Crippen LogP contribution in [0, 0.1) is 0 Å². The Kier molecular flexibility index (Phi) is 10.7. The number of rotatable bonds is 9. The standard InChI is InChI=1S/C10H22N2OS/c1-11-7-5-8-12-10(13)6-3-4-9-14-2/h11H,3-9H2,1-2H3,(H,12,13). The number of thioether (sulfide) groups is 1. The Morgan fingerprint density at radius 1 is 1.21 bits per heavy atom. The molecule has 0 rings (SSSR count). The van der Waals surface area contributed by atoms with Crippen molar-refractivity contribution in [3.63, 3.8) is 0 Å². The molecular weight excluding hydrogens is 196 g/mol. The zero-order valence-corrected chi connectivity index (χ0v) is 10.1. The second kappa shape index (κ2) is 10.9. The molecule has 84 valence electrons. The van der Waals surface area contributed by atoms with Gasteiger partial charge in [-0.2, -0.15) is 11.8 Å². The topological polar surface area (TPSA) is 41.1 Å². The first kappa shape index (κ1) is 13.8. The van der Waals surface area contributed by atoms with E-state index in [0.29, 0.717) is 6.42 Å². The Hall–Kier alpha value is -0.220. The number of unbranched alkanes of at least 4 members (excludes halogenated alkanes) is 1. The molecule has 0 saturated heterocycles. The average Bonchev–Trinajstić information content (AvgIpc) is 2.19. The molecule has 0 aromatic rings. The van der Waals surface area contributed by atoms with Crippen molar-refractivity contribution in [1.29, 1.82) is 0 Å². The zero-order chi connectivity index (χ0) is 10.6. The SMILES string of the molecule is CNCCCNC(=O)CCCCSC. The third-order valence-corrected chi connectivity index (χ3v) is 2.62. The Bertz CT molecular complexity index is 128. The van der Waals surface area contributed by atoms with Gasteiger partial charge in [0, 0.05) is 13.0 Å². The smallest absolute Gasteiger partial charge is 0.219 e. The summed E-state index contributed by atoms with van der Waals surface area (Å²) in [5, 5.41) is 5.96.